The predicted molar refractivity (Wildman–Crippen MR) is 96.2 cm³/mol. The van der Waals surface area contributed by atoms with Gasteiger partial charge >= 0.3 is 0 Å². The third-order valence-corrected chi connectivity index (χ3v) is 5.83. The van der Waals surface area contributed by atoms with Crippen LogP contribution in [0.15, 0.2) is 24.3 Å². The largest absolute Gasteiger partial charge is 0.507 e. The molecule has 5 heteroatoms. The summed E-state index contributed by atoms with van der Waals surface area (Å²) in [5.74, 6) is 1.04. The molecule has 2 aromatic rings. The van der Waals surface area contributed by atoms with Gasteiger partial charge < -0.3 is 15.1 Å². The number of aliphatic hydroxyl groups excluding tert-OH is 1. The van der Waals surface area contributed by atoms with Crippen LogP contribution in [-0.2, 0) is 0 Å². The summed E-state index contributed by atoms with van der Waals surface area (Å²) in [7, 11) is 0. The zero-order chi connectivity index (χ0) is 17.6. The van der Waals surface area contributed by atoms with Gasteiger partial charge in [-0.15, -0.1) is 5.10 Å². The highest BCUT2D eigenvalue weighted by atomic mass is 16.3. The fraction of sp³-hybridized carbons (Fsp3) is 0.500. The molecule has 1 aromatic heterocycles. The number of aliphatic hydroxyl groups is 1. The topological polar surface area (TPSA) is 69.5 Å². The molecule has 2 bridgehead atoms. The van der Waals surface area contributed by atoms with Gasteiger partial charge in [-0.1, -0.05) is 6.07 Å². The lowest BCUT2D eigenvalue weighted by atomic mass is 9.75. The van der Waals surface area contributed by atoms with E-state index in [9.17, 15) is 10.2 Å². The van der Waals surface area contributed by atoms with Gasteiger partial charge in [0.15, 0.2) is 0 Å². The van der Waals surface area contributed by atoms with Crippen LogP contribution >= 0.6 is 0 Å². The van der Waals surface area contributed by atoms with Gasteiger partial charge in [-0.25, -0.2) is 0 Å². The van der Waals surface area contributed by atoms with Crippen molar-refractivity contribution in [3.05, 3.63) is 41.1 Å². The average Bonchev–Trinajstić information content (AvgIpc) is 2.62. The number of aromatic hydroxyl groups is 1. The van der Waals surface area contributed by atoms with Crippen LogP contribution in [0.5, 0.6) is 5.75 Å². The smallest absolute Gasteiger partial charge is 0.125 e. The van der Waals surface area contributed by atoms with Crippen molar-refractivity contribution in [3.63, 3.8) is 0 Å². The maximum Gasteiger partial charge on any atom is 0.125 e. The summed E-state index contributed by atoms with van der Waals surface area (Å²) in [6, 6.07) is 7.47. The maximum absolute atomic E-state index is 10.9. The fourth-order valence-electron chi connectivity index (χ4n) is 4.35. The van der Waals surface area contributed by atoms with Gasteiger partial charge in [-0.05, 0) is 75.0 Å². The van der Waals surface area contributed by atoms with Crippen molar-refractivity contribution in [1.82, 2.24) is 15.1 Å². The van der Waals surface area contributed by atoms with Crippen molar-refractivity contribution in [2.24, 2.45) is 11.8 Å². The average molecular weight is 339 g/mol. The molecule has 3 aliphatic rings. The Kier molecular flexibility index (Phi) is 4.21. The van der Waals surface area contributed by atoms with E-state index < -0.39 is 6.10 Å². The Hall–Kier alpha value is -1.98. The molecule has 25 heavy (non-hydrogen) atoms. The van der Waals surface area contributed by atoms with Crippen LogP contribution in [0.3, 0.4) is 0 Å². The molecule has 3 fully saturated rings. The normalized spacial score (nSPS) is 26.6. The lowest BCUT2D eigenvalue weighted by Crippen LogP contribution is -2.49. The second-order valence-corrected chi connectivity index (χ2v) is 7.57. The summed E-state index contributed by atoms with van der Waals surface area (Å²) < 4.78 is 0. The van der Waals surface area contributed by atoms with Gasteiger partial charge in [0.1, 0.15) is 11.9 Å². The molecule has 0 saturated carbocycles. The second-order valence-electron chi connectivity index (χ2n) is 7.57. The van der Waals surface area contributed by atoms with Gasteiger partial charge in [0.2, 0.25) is 0 Å². The first-order chi connectivity index (χ1) is 12.0. The first-order valence-electron chi connectivity index (χ1n) is 9.07. The number of phenols is 1. The molecule has 0 spiro atoms. The van der Waals surface area contributed by atoms with Crippen LogP contribution in [0.1, 0.15) is 35.8 Å². The maximum atomic E-state index is 10.9. The first kappa shape index (κ1) is 16.5. The van der Waals surface area contributed by atoms with E-state index in [1.165, 1.54) is 12.8 Å². The van der Waals surface area contributed by atoms with E-state index >= 15 is 0 Å². The van der Waals surface area contributed by atoms with Gasteiger partial charge in [0.25, 0.3) is 0 Å². The van der Waals surface area contributed by atoms with E-state index in [0.717, 1.165) is 30.8 Å². The lowest BCUT2D eigenvalue weighted by molar-refractivity contribution is -0.0283. The molecule has 2 N–H and O–H groups in total. The molecule has 3 saturated heterocycles. The number of aromatic nitrogens is 2. The van der Waals surface area contributed by atoms with E-state index in [2.05, 4.69) is 15.1 Å². The molecule has 3 aliphatic heterocycles. The van der Waals surface area contributed by atoms with Crippen LogP contribution in [0.4, 0.5) is 0 Å². The highest BCUT2D eigenvalue weighted by Gasteiger charge is 2.39. The lowest BCUT2D eigenvalue weighted by Gasteiger charge is -2.46. The molecule has 0 amide bonds. The Morgan fingerprint density at radius 3 is 2.48 bits per heavy atom. The highest BCUT2D eigenvalue weighted by Crippen LogP contribution is 2.39. The van der Waals surface area contributed by atoms with Crippen LogP contribution in [-0.4, -0.2) is 44.9 Å². The summed E-state index contributed by atoms with van der Waals surface area (Å²) in [6.07, 6.45) is 1.77. The van der Waals surface area contributed by atoms with Gasteiger partial charge in [0.05, 0.1) is 11.4 Å². The molecule has 132 valence electrons. The molecular formula is C20H25N3O2. The number of phenolic OH excluding ortho intramolecular Hbond substituents is 1. The van der Waals surface area contributed by atoms with Gasteiger partial charge in [0, 0.05) is 18.0 Å². The molecule has 1 unspecified atom stereocenters. The van der Waals surface area contributed by atoms with E-state index in [1.807, 2.05) is 32.0 Å². The number of piperidine rings is 3. The molecule has 2 atom stereocenters. The number of fused-ring (bicyclic) bond motifs is 3. The second kappa shape index (κ2) is 6.39. The van der Waals surface area contributed by atoms with E-state index in [0.29, 0.717) is 22.9 Å². The number of benzene rings is 1. The van der Waals surface area contributed by atoms with Gasteiger partial charge in [-0.2, -0.15) is 5.10 Å². The number of aryl methyl sites for hydroxylation is 2. The minimum Gasteiger partial charge on any atom is -0.507 e. The van der Waals surface area contributed by atoms with Crippen molar-refractivity contribution < 1.29 is 10.2 Å². The van der Waals surface area contributed by atoms with Crippen molar-refractivity contribution >= 4 is 0 Å². The number of hydrogen-bond donors (Lipinski definition) is 2. The van der Waals surface area contributed by atoms with Crippen LogP contribution in [0, 0.1) is 25.7 Å². The Balaban J connectivity index is 1.61. The van der Waals surface area contributed by atoms with E-state index in [1.54, 1.807) is 6.07 Å². The fourth-order valence-corrected chi connectivity index (χ4v) is 4.35. The molecule has 1 aromatic carbocycles. The summed E-state index contributed by atoms with van der Waals surface area (Å²) in [5.41, 5.74) is 3.92. The molecule has 5 rings (SSSR count). The van der Waals surface area contributed by atoms with Gasteiger partial charge in [-0.3, -0.25) is 0 Å². The Bertz CT molecular complexity index is 785. The van der Waals surface area contributed by atoms with E-state index in [4.69, 9.17) is 0 Å². The zero-order valence-corrected chi connectivity index (χ0v) is 14.8. The summed E-state index contributed by atoms with van der Waals surface area (Å²) >= 11 is 0. The third kappa shape index (κ3) is 3.02. The highest BCUT2D eigenvalue weighted by molar-refractivity contribution is 5.69. The predicted octanol–water partition coefficient (Wildman–Crippen LogP) is 2.84. The van der Waals surface area contributed by atoms with Crippen LogP contribution < -0.4 is 0 Å². The number of rotatable bonds is 3. The van der Waals surface area contributed by atoms with Crippen molar-refractivity contribution in [1.29, 1.82) is 0 Å². The number of nitrogens with zero attached hydrogens (tertiary/aromatic N) is 3. The minimum atomic E-state index is -0.569. The quantitative estimate of drug-likeness (QED) is 0.900. The Morgan fingerprint density at radius 2 is 1.88 bits per heavy atom. The molecule has 5 nitrogen and oxygen atoms in total. The molecule has 0 radical (unpaired) electrons. The van der Waals surface area contributed by atoms with Crippen molar-refractivity contribution in [3.8, 4) is 17.0 Å². The summed E-state index contributed by atoms with van der Waals surface area (Å²) in [4.78, 5) is 2.44. The SMILES string of the molecule is Cc1ccc(-c2nnc([C@H](O)C3CN4CCC3CC4)cc2C)c(O)c1. The Morgan fingerprint density at radius 1 is 1.12 bits per heavy atom. The number of hydrogen-bond acceptors (Lipinski definition) is 5. The summed E-state index contributed by atoms with van der Waals surface area (Å²) in [6.45, 7) is 7.16. The zero-order valence-electron chi connectivity index (χ0n) is 14.8. The van der Waals surface area contributed by atoms with Crippen molar-refractivity contribution in [2.45, 2.75) is 32.8 Å². The standard InChI is InChI=1S/C20H25N3O2/c1-12-3-4-15(18(24)9-12)19-13(2)10-17(21-22-19)20(25)16-11-23-7-5-14(16)6-8-23/h3-4,9-10,14,16,20,24-25H,5-8,11H2,1-2H3/t16?,20-/m1/s1. The molecule has 4 heterocycles. The third-order valence-electron chi connectivity index (χ3n) is 5.83. The minimum absolute atomic E-state index is 0.211. The monoisotopic (exact) mass is 339 g/mol. The van der Waals surface area contributed by atoms with Crippen LogP contribution in [0.2, 0.25) is 0 Å². The first-order valence-corrected chi connectivity index (χ1v) is 9.07. The van der Waals surface area contributed by atoms with Crippen molar-refractivity contribution in [2.75, 3.05) is 19.6 Å². The summed E-state index contributed by atoms with van der Waals surface area (Å²) in [5, 5.41) is 29.7. The molecular weight excluding hydrogens is 314 g/mol. The van der Waals surface area contributed by atoms with E-state index in [-0.39, 0.29) is 11.7 Å². The molecule has 0 aliphatic carbocycles. The van der Waals surface area contributed by atoms with Crippen LogP contribution in [0.25, 0.3) is 11.3 Å². The Labute approximate surface area is 148 Å².